The predicted molar refractivity (Wildman–Crippen MR) is 34.5 cm³/mol. The van der Waals surface area contributed by atoms with Crippen molar-refractivity contribution in [1.82, 2.24) is 5.32 Å². The molecule has 0 aromatic carbocycles. The molecule has 52 valence electrons. The Bertz CT molecular complexity index is 97.7. The summed E-state index contributed by atoms with van der Waals surface area (Å²) in [6.45, 7) is 2.45. The number of rotatable bonds is 4. The second kappa shape index (κ2) is 5.54. The molecule has 1 atom stereocenters. The van der Waals surface area contributed by atoms with E-state index in [0.717, 1.165) is 0 Å². The van der Waals surface area contributed by atoms with Gasteiger partial charge < -0.3 is 5.11 Å². The van der Waals surface area contributed by atoms with Crippen LogP contribution in [0.2, 0.25) is 0 Å². The molecule has 0 aliphatic heterocycles. The smallest absolute Gasteiger partial charge is 0.104 e. The van der Waals surface area contributed by atoms with Gasteiger partial charge >= 0.3 is 0 Å². The van der Waals surface area contributed by atoms with Crippen molar-refractivity contribution >= 4 is 0 Å². The van der Waals surface area contributed by atoms with Gasteiger partial charge in [0.2, 0.25) is 0 Å². The Morgan fingerprint density at radius 2 is 2.44 bits per heavy atom. The second-order valence-electron chi connectivity index (χ2n) is 1.79. The highest BCUT2D eigenvalue weighted by Gasteiger charge is 1.95. The summed E-state index contributed by atoms with van der Waals surface area (Å²) in [5, 5.41) is 19.7. The van der Waals surface area contributed by atoms with Gasteiger partial charge in [-0.2, -0.15) is 5.26 Å². The van der Waals surface area contributed by atoms with Crippen molar-refractivity contribution in [2.45, 2.75) is 26.0 Å². The highest BCUT2D eigenvalue weighted by Crippen LogP contribution is 1.82. The molecular formula is C6H12N2O. The van der Waals surface area contributed by atoms with Gasteiger partial charge in [-0.3, -0.25) is 5.32 Å². The maximum Gasteiger partial charge on any atom is 0.104 e. The van der Waals surface area contributed by atoms with E-state index in [2.05, 4.69) is 5.32 Å². The molecule has 0 amide bonds. The molecule has 0 spiro atoms. The Labute approximate surface area is 55.3 Å². The SMILES string of the molecule is CCC(O)NCCC#N. The molecule has 0 saturated heterocycles. The van der Waals surface area contributed by atoms with Gasteiger partial charge in [0, 0.05) is 13.0 Å². The van der Waals surface area contributed by atoms with E-state index in [9.17, 15) is 0 Å². The Morgan fingerprint density at radius 3 is 2.89 bits per heavy atom. The summed E-state index contributed by atoms with van der Waals surface area (Å²) >= 11 is 0. The summed E-state index contributed by atoms with van der Waals surface area (Å²) < 4.78 is 0. The summed E-state index contributed by atoms with van der Waals surface area (Å²) in [6.07, 6.45) is 0.695. The zero-order valence-corrected chi connectivity index (χ0v) is 5.59. The minimum Gasteiger partial charge on any atom is -0.379 e. The summed E-state index contributed by atoms with van der Waals surface area (Å²) in [5.74, 6) is 0. The number of nitrogens with zero attached hydrogens (tertiary/aromatic N) is 1. The minimum atomic E-state index is -0.446. The van der Waals surface area contributed by atoms with Crippen LogP contribution in [0.3, 0.4) is 0 Å². The summed E-state index contributed by atoms with van der Waals surface area (Å²) in [7, 11) is 0. The number of nitrogens with one attached hydrogen (secondary N) is 1. The monoisotopic (exact) mass is 128 g/mol. The average Bonchev–Trinajstić information content (AvgIpc) is 1.89. The molecule has 0 saturated carbocycles. The molecular weight excluding hydrogens is 116 g/mol. The third-order valence-electron chi connectivity index (χ3n) is 1.00. The van der Waals surface area contributed by atoms with Crippen LogP contribution in [0, 0.1) is 11.3 Å². The molecule has 0 aromatic heterocycles. The number of aliphatic hydroxyl groups excluding tert-OH is 1. The van der Waals surface area contributed by atoms with Crippen molar-refractivity contribution in [1.29, 1.82) is 5.26 Å². The molecule has 0 aliphatic rings. The molecule has 3 nitrogen and oxygen atoms in total. The zero-order chi connectivity index (χ0) is 7.11. The average molecular weight is 128 g/mol. The lowest BCUT2D eigenvalue weighted by atomic mass is 10.4. The number of nitriles is 1. The van der Waals surface area contributed by atoms with E-state index in [1.165, 1.54) is 0 Å². The fourth-order valence-corrected chi connectivity index (χ4v) is 0.439. The van der Waals surface area contributed by atoms with E-state index in [1.807, 2.05) is 13.0 Å². The lowest BCUT2D eigenvalue weighted by Crippen LogP contribution is -2.28. The molecule has 3 heteroatoms. The van der Waals surface area contributed by atoms with E-state index in [1.54, 1.807) is 0 Å². The van der Waals surface area contributed by atoms with Gasteiger partial charge in [0.05, 0.1) is 6.07 Å². The van der Waals surface area contributed by atoms with Crippen LogP contribution in [0.15, 0.2) is 0 Å². The number of hydrogen-bond donors (Lipinski definition) is 2. The maximum atomic E-state index is 8.86. The van der Waals surface area contributed by atoms with Gasteiger partial charge in [-0.1, -0.05) is 6.92 Å². The van der Waals surface area contributed by atoms with Crippen LogP contribution in [-0.2, 0) is 0 Å². The molecule has 0 rings (SSSR count). The third kappa shape index (κ3) is 5.28. The van der Waals surface area contributed by atoms with Crippen LogP contribution >= 0.6 is 0 Å². The Morgan fingerprint density at radius 1 is 1.78 bits per heavy atom. The Hall–Kier alpha value is -0.590. The van der Waals surface area contributed by atoms with Gasteiger partial charge in [-0.25, -0.2) is 0 Å². The Balaban J connectivity index is 2.99. The van der Waals surface area contributed by atoms with Crippen molar-refractivity contribution < 1.29 is 5.11 Å². The van der Waals surface area contributed by atoms with Crippen LogP contribution in [0.1, 0.15) is 19.8 Å². The Kier molecular flexibility index (Phi) is 5.18. The quantitative estimate of drug-likeness (QED) is 0.420. The molecule has 0 bridgehead atoms. The molecule has 0 fully saturated rings. The first-order valence-corrected chi connectivity index (χ1v) is 3.09. The van der Waals surface area contributed by atoms with Crippen molar-refractivity contribution in [2.24, 2.45) is 0 Å². The summed E-state index contributed by atoms with van der Waals surface area (Å²) in [5.41, 5.74) is 0. The van der Waals surface area contributed by atoms with E-state index in [-0.39, 0.29) is 0 Å². The normalized spacial score (nSPS) is 12.6. The zero-order valence-electron chi connectivity index (χ0n) is 5.59. The fourth-order valence-electron chi connectivity index (χ4n) is 0.439. The number of aliphatic hydroxyl groups is 1. The van der Waals surface area contributed by atoms with Crippen molar-refractivity contribution in [3.8, 4) is 6.07 Å². The molecule has 0 aromatic rings. The van der Waals surface area contributed by atoms with Crippen molar-refractivity contribution in [2.75, 3.05) is 6.54 Å². The standard InChI is InChI=1S/C6H12N2O/c1-2-6(9)8-5-3-4-7/h6,8-9H,2-3,5H2,1H3. The van der Waals surface area contributed by atoms with Crippen LogP contribution in [0.25, 0.3) is 0 Å². The van der Waals surface area contributed by atoms with Gasteiger partial charge in [0.25, 0.3) is 0 Å². The summed E-state index contributed by atoms with van der Waals surface area (Å²) in [4.78, 5) is 0. The minimum absolute atomic E-state index is 0.446. The first-order chi connectivity index (χ1) is 4.31. The van der Waals surface area contributed by atoms with E-state index in [4.69, 9.17) is 10.4 Å². The van der Waals surface area contributed by atoms with E-state index in [0.29, 0.717) is 19.4 Å². The first-order valence-electron chi connectivity index (χ1n) is 3.09. The predicted octanol–water partition coefficient (Wildman–Crippen LogP) is 0.218. The highest BCUT2D eigenvalue weighted by molar-refractivity contribution is 4.70. The molecule has 9 heavy (non-hydrogen) atoms. The first kappa shape index (κ1) is 8.41. The topological polar surface area (TPSA) is 56.0 Å². The van der Waals surface area contributed by atoms with Crippen molar-refractivity contribution in [3.63, 3.8) is 0 Å². The van der Waals surface area contributed by atoms with Crippen LogP contribution in [0.4, 0.5) is 0 Å². The third-order valence-corrected chi connectivity index (χ3v) is 1.00. The maximum absolute atomic E-state index is 8.86. The van der Waals surface area contributed by atoms with Crippen LogP contribution in [-0.4, -0.2) is 17.9 Å². The lowest BCUT2D eigenvalue weighted by molar-refractivity contribution is 0.134. The largest absolute Gasteiger partial charge is 0.379 e. The number of hydrogen-bond acceptors (Lipinski definition) is 3. The summed E-state index contributed by atoms with van der Waals surface area (Å²) in [6, 6.07) is 1.97. The molecule has 0 heterocycles. The van der Waals surface area contributed by atoms with E-state index >= 15 is 0 Å². The van der Waals surface area contributed by atoms with Crippen LogP contribution < -0.4 is 5.32 Å². The highest BCUT2D eigenvalue weighted by atomic mass is 16.3. The van der Waals surface area contributed by atoms with Crippen LogP contribution in [0.5, 0.6) is 0 Å². The second-order valence-corrected chi connectivity index (χ2v) is 1.79. The fraction of sp³-hybridized carbons (Fsp3) is 0.833. The molecule has 0 radical (unpaired) electrons. The van der Waals surface area contributed by atoms with Gasteiger partial charge in [-0.15, -0.1) is 0 Å². The van der Waals surface area contributed by atoms with Crippen molar-refractivity contribution in [3.05, 3.63) is 0 Å². The van der Waals surface area contributed by atoms with E-state index < -0.39 is 6.23 Å². The van der Waals surface area contributed by atoms with Gasteiger partial charge in [-0.05, 0) is 6.42 Å². The molecule has 1 unspecified atom stereocenters. The molecule has 2 N–H and O–H groups in total. The molecule has 0 aliphatic carbocycles. The van der Waals surface area contributed by atoms with Gasteiger partial charge in [0.1, 0.15) is 6.23 Å². The van der Waals surface area contributed by atoms with Gasteiger partial charge in [0.15, 0.2) is 0 Å². The lowest BCUT2D eigenvalue weighted by Gasteiger charge is -2.06.